The van der Waals surface area contributed by atoms with E-state index in [2.05, 4.69) is 0 Å². The Morgan fingerprint density at radius 2 is 1.48 bits per heavy atom. The number of benzene rings is 2. The Balaban J connectivity index is 2.00. The standard InChI is InChI=1S/C16H15NO2S2/c17-16(20)14-13(11-7-3-1-4-8-11)15(14)21(18,19)12-9-5-2-6-10-12/h1-10,13-15H,(H2,17,20)/t13-,14-,15-/m1/s1. The first-order valence-electron chi connectivity index (χ1n) is 6.66. The van der Waals surface area contributed by atoms with Crippen molar-refractivity contribution < 1.29 is 8.42 Å². The van der Waals surface area contributed by atoms with Gasteiger partial charge < -0.3 is 5.73 Å². The van der Waals surface area contributed by atoms with Gasteiger partial charge in [0.25, 0.3) is 0 Å². The SMILES string of the molecule is NC(=S)[C@@H]1[C@@H](c2ccccc2)[C@H]1S(=O)(=O)c1ccccc1. The predicted octanol–water partition coefficient (Wildman–Crippen LogP) is 2.53. The van der Waals surface area contributed by atoms with Gasteiger partial charge in [0, 0.05) is 11.8 Å². The van der Waals surface area contributed by atoms with Crippen molar-refractivity contribution in [2.45, 2.75) is 16.1 Å². The Kier molecular flexibility index (Phi) is 3.55. The highest BCUT2D eigenvalue weighted by atomic mass is 32.2. The van der Waals surface area contributed by atoms with Crippen LogP contribution in [0.25, 0.3) is 0 Å². The molecule has 0 radical (unpaired) electrons. The normalized spacial score (nSPS) is 24.5. The average molecular weight is 317 g/mol. The van der Waals surface area contributed by atoms with Gasteiger partial charge in [0.2, 0.25) is 0 Å². The Bertz CT molecular complexity index is 757. The quantitative estimate of drug-likeness (QED) is 0.880. The Hall–Kier alpha value is -1.72. The Labute approximate surface area is 129 Å². The van der Waals surface area contributed by atoms with E-state index >= 15 is 0 Å². The summed E-state index contributed by atoms with van der Waals surface area (Å²) in [4.78, 5) is 0.600. The molecule has 2 aromatic rings. The lowest BCUT2D eigenvalue weighted by molar-refractivity contribution is 0.593. The van der Waals surface area contributed by atoms with Gasteiger partial charge in [-0.15, -0.1) is 0 Å². The summed E-state index contributed by atoms with van der Waals surface area (Å²) in [5.41, 5.74) is 6.73. The fourth-order valence-electron chi connectivity index (χ4n) is 2.85. The summed E-state index contributed by atoms with van der Waals surface area (Å²) >= 11 is 5.07. The van der Waals surface area contributed by atoms with Crippen LogP contribution in [-0.2, 0) is 9.84 Å². The zero-order valence-electron chi connectivity index (χ0n) is 11.2. The van der Waals surface area contributed by atoms with Crippen LogP contribution in [-0.4, -0.2) is 18.7 Å². The van der Waals surface area contributed by atoms with Gasteiger partial charge in [0.1, 0.15) is 0 Å². The van der Waals surface area contributed by atoms with Crippen molar-refractivity contribution in [1.82, 2.24) is 0 Å². The maximum atomic E-state index is 12.8. The van der Waals surface area contributed by atoms with Crippen molar-refractivity contribution in [2.24, 2.45) is 11.7 Å². The number of hydrogen-bond acceptors (Lipinski definition) is 3. The monoisotopic (exact) mass is 317 g/mol. The van der Waals surface area contributed by atoms with Gasteiger partial charge in [-0.3, -0.25) is 0 Å². The van der Waals surface area contributed by atoms with Gasteiger partial charge in [-0.05, 0) is 17.7 Å². The Morgan fingerprint density at radius 3 is 2.00 bits per heavy atom. The summed E-state index contributed by atoms with van der Waals surface area (Å²) in [5.74, 6) is -0.429. The van der Waals surface area contributed by atoms with E-state index in [4.69, 9.17) is 18.0 Å². The molecular formula is C16H15NO2S2. The van der Waals surface area contributed by atoms with Crippen molar-refractivity contribution in [3.63, 3.8) is 0 Å². The highest BCUT2D eigenvalue weighted by Crippen LogP contribution is 2.54. The maximum absolute atomic E-state index is 12.8. The first-order chi connectivity index (χ1) is 10.0. The van der Waals surface area contributed by atoms with Crippen molar-refractivity contribution in [3.8, 4) is 0 Å². The van der Waals surface area contributed by atoms with Gasteiger partial charge in [-0.25, -0.2) is 8.42 Å². The fourth-order valence-corrected chi connectivity index (χ4v) is 5.40. The van der Waals surface area contributed by atoms with Crippen LogP contribution >= 0.6 is 12.2 Å². The third kappa shape index (κ3) is 2.47. The molecule has 5 heteroatoms. The first-order valence-corrected chi connectivity index (χ1v) is 8.62. The second kappa shape index (κ2) is 5.24. The molecule has 21 heavy (non-hydrogen) atoms. The van der Waals surface area contributed by atoms with Crippen LogP contribution < -0.4 is 5.73 Å². The number of nitrogens with two attached hydrogens (primary N) is 1. The second-order valence-electron chi connectivity index (χ2n) is 5.19. The lowest BCUT2D eigenvalue weighted by atomic mass is 10.1. The molecule has 0 amide bonds. The summed E-state index contributed by atoms with van der Waals surface area (Å²) in [5, 5.41) is -0.556. The molecule has 1 fully saturated rings. The predicted molar refractivity (Wildman–Crippen MR) is 86.9 cm³/mol. The number of sulfone groups is 1. The number of hydrogen-bond donors (Lipinski definition) is 1. The molecule has 1 aliphatic carbocycles. The van der Waals surface area contributed by atoms with Crippen LogP contribution in [0.4, 0.5) is 0 Å². The highest BCUT2D eigenvalue weighted by Gasteiger charge is 2.60. The van der Waals surface area contributed by atoms with E-state index in [-0.39, 0.29) is 16.8 Å². The fraction of sp³-hybridized carbons (Fsp3) is 0.188. The van der Waals surface area contributed by atoms with Gasteiger partial charge >= 0.3 is 0 Å². The molecule has 2 N–H and O–H groups in total. The van der Waals surface area contributed by atoms with Crippen molar-refractivity contribution in [1.29, 1.82) is 0 Å². The van der Waals surface area contributed by atoms with Crippen LogP contribution in [0.1, 0.15) is 11.5 Å². The number of thiocarbonyl (C=S) groups is 1. The third-order valence-corrected chi connectivity index (χ3v) is 6.40. The molecule has 0 aromatic heterocycles. The van der Waals surface area contributed by atoms with Crippen molar-refractivity contribution >= 4 is 27.0 Å². The van der Waals surface area contributed by atoms with E-state index in [0.717, 1.165) is 5.56 Å². The third-order valence-electron chi connectivity index (χ3n) is 3.90. The topological polar surface area (TPSA) is 60.2 Å². The molecule has 0 saturated heterocycles. The van der Waals surface area contributed by atoms with Crippen LogP contribution in [0, 0.1) is 5.92 Å². The zero-order valence-corrected chi connectivity index (χ0v) is 12.8. The molecule has 1 aliphatic rings. The van der Waals surface area contributed by atoms with E-state index < -0.39 is 15.1 Å². The van der Waals surface area contributed by atoms with Crippen LogP contribution in [0.2, 0.25) is 0 Å². The summed E-state index contributed by atoms with van der Waals surface area (Å²) in [6, 6.07) is 18.0. The molecule has 2 aromatic carbocycles. The molecular weight excluding hydrogens is 302 g/mol. The summed E-state index contributed by atoms with van der Waals surface area (Å²) < 4.78 is 25.6. The largest absolute Gasteiger partial charge is 0.393 e. The lowest BCUT2D eigenvalue weighted by Gasteiger charge is -2.03. The van der Waals surface area contributed by atoms with Gasteiger partial charge in [0.05, 0.1) is 15.1 Å². The number of rotatable bonds is 4. The van der Waals surface area contributed by atoms with E-state index in [1.54, 1.807) is 30.3 Å². The molecule has 0 aliphatic heterocycles. The Morgan fingerprint density at radius 1 is 0.952 bits per heavy atom. The molecule has 3 rings (SSSR count). The average Bonchev–Trinajstić information content (AvgIpc) is 3.26. The molecule has 0 bridgehead atoms. The van der Waals surface area contributed by atoms with Crippen LogP contribution in [0.5, 0.6) is 0 Å². The molecule has 108 valence electrons. The van der Waals surface area contributed by atoms with Crippen molar-refractivity contribution in [2.75, 3.05) is 0 Å². The van der Waals surface area contributed by atoms with Crippen molar-refractivity contribution in [3.05, 3.63) is 66.2 Å². The van der Waals surface area contributed by atoms with E-state index in [9.17, 15) is 8.42 Å². The smallest absolute Gasteiger partial charge is 0.182 e. The first kappa shape index (κ1) is 14.2. The second-order valence-corrected chi connectivity index (χ2v) is 7.76. The van der Waals surface area contributed by atoms with E-state index in [1.165, 1.54) is 0 Å². The summed E-state index contributed by atoms with van der Waals surface area (Å²) in [6.07, 6.45) is 0. The molecule has 3 nitrogen and oxygen atoms in total. The molecule has 3 atom stereocenters. The molecule has 1 saturated carbocycles. The minimum Gasteiger partial charge on any atom is -0.393 e. The molecule has 0 spiro atoms. The van der Waals surface area contributed by atoms with E-state index in [1.807, 2.05) is 30.3 Å². The van der Waals surface area contributed by atoms with Gasteiger partial charge in [0.15, 0.2) is 9.84 Å². The highest BCUT2D eigenvalue weighted by molar-refractivity contribution is 7.92. The lowest BCUT2D eigenvalue weighted by Crippen LogP contribution is -2.17. The maximum Gasteiger partial charge on any atom is 0.182 e. The minimum atomic E-state index is -3.42. The van der Waals surface area contributed by atoms with E-state index in [0.29, 0.717) is 4.90 Å². The van der Waals surface area contributed by atoms with Gasteiger partial charge in [-0.2, -0.15) is 0 Å². The summed E-state index contributed by atoms with van der Waals surface area (Å²) in [7, 11) is -3.42. The van der Waals surface area contributed by atoms with Gasteiger partial charge in [-0.1, -0.05) is 60.7 Å². The molecule has 0 heterocycles. The minimum absolute atomic E-state index is 0.145. The zero-order chi connectivity index (χ0) is 15.0. The van der Waals surface area contributed by atoms with Crippen LogP contribution in [0.15, 0.2) is 65.6 Å². The molecule has 0 unspecified atom stereocenters. The summed E-state index contributed by atoms with van der Waals surface area (Å²) in [6.45, 7) is 0. The van der Waals surface area contributed by atoms with Crippen LogP contribution in [0.3, 0.4) is 0 Å².